The number of hydrogen-bond acceptors (Lipinski definition) is 4. The molecule has 20 heavy (non-hydrogen) atoms. The fourth-order valence-corrected chi connectivity index (χ4v) is 1.48. The van der Waals surface area contributed by atoms with E-state index in [1.807, 2.05) is 0 Å². The molecule has 0 saturated heterocycles. The first-order valence-electron chi connectivity index (χ1n) is 5.77. The number of nitrogens with zero attached hydrogens (tertiary/aromatic N) is 2. The molecule has 0 aliphatic rings. The molecular weight excluding hydrogens is 275 g/mol. The van der Waals surface area contributed by atoms with Gasteiger partial charge in [0, 0.05) is 24.8 Å². The molecule has 0 aliphatic heterocycles. The minimum Gasteiger partial charge on any atom is -0.409 e. The SMILES string of the molecule is CN(CCOCC(F)(F)F)c1cccc(C(N)=NO)c1. The molecule has 0 bridgehead atoms. The lowest BCUT2D eigenvalue weighted by molar-refractivity contribution is -0.173. The molecule has 1 rings (SSSR count). The van der Waals surface area contributed by atoms with Crippen molar-refractivity contribution in [3.05, 3.63) is 29.8 Å². The molecular formula is C12H16F3N3O2. The zero-order chi connectivity index (χ0) is 15.2. The van der Waals surface area contributed by atoms with Gasteiger partial charge in [-0.25, -0.2) is 0 Å². The first-order valence-corrected chi connectivity index (χ1v) is 5.77. The van der Waals surface area contributed by atoms with E-state index in [2.05, 4.69) is 9.89 Å². The number of hydrogen-bond donors (Lipinski definition) is 2. The Bertz CT molecular complexity index is 464. The first-order chi connectivity index (χ1) is 9.33. The number of likely N-dealkylation sites (N-methyl/N-ethyl adjacent to an activating group) is 1. The summed E-state index contributed by atoms with van der Waals surface area (Å²) in [7, 11) is 1.71. The summed E-state index contributed by atoms with van der Waals surface area (Å²) in [5.41, 5.74) is 6.71. The van der Waals surface area contributed by atoms with E-state index in [-0.39, 0.29) is 19.0 Å². The van der Waals surface area contributed by atoms with E-state index < -0.39 is 12.8 Å². The average molecular weight is 291 g/mol. The maximum absolute atomic E-state index is 11.9. The van der Waals surface area contributed by atoms with Gasteiger partial charge >= 0.3 is 6.18 Å². The number of amidine groups is 1. The predicted molar refractivity (Wildman–Crippen MR) is 69.1 cm³/mol. The smallest absolute Gasteiger partial charge is 0.409 e. The van der Waals surface area contributed by atoms with Crippen LogP contribution in [0.2, 0.25) is 0 Å². The Labute approximate surface area is 114 Å². The number of nitrogens with two attached hydrogens (primary N) is 1. The fraction of sp³-hybridized carbons (Fsp3) is 0.417. The molecule has 0 aromatic heterocycles. The van der Waals surface area contributed by atoms with Crippen LogP contribution in [0, 0.1) is 0 Å². The van der Waals surface area contributed by atoms with Crippen LogP contribution in [0.5, 0.6) is 0 Å². The maximum Gasteiger partial charge on any atom is 0.411 e. The van der Waals surface area contributed by atoms with Crippen molar-refractivity contribution in [2.45, 2.75) is 6.18 Å². The highest BCUT2D eigenvalue weighted by atomic mass is 19.4. The van der Waals surface area contributed by atoms with E-state index in [0.29, 0.717) is 5.56 Å². The normalized spacial score (nSPS) is 12.5. The molecule has 0 spiro atoms. The van der Waals surface area contributed by atoms with E-state index >= 15 is 0 Å². The average Bonchev–Trinajstić information content (AvgIpc) is 2.41. The number of rotatable bonds is 6. The van der Waals surface area contributed by atoms with Gasteiger partial charge in [-0.15, -0.1) is 0 Å². The standard InChI is InChI=1S/C12H16F3N3O2/c1-18(5-6-20-8-12(13,14)15)10-4-2-3-9(7-10)11(16)17-19/h2-4,7,19H,5-6,8H2,1H3,(H2,16,17). The third-order valence-corrected chi connectivity index (χ3v) is 2.53. The molecule has 1 aromatic rings. The summed E-state index contributed by atoms with van der Waals surface area (Å²) in [6.45, 7) is -1.02. The summed E-state index contributed by atoms with van der Waals surface area (Å²) in [5, 5.41) is 11.5. The lowest BCUT2D eigenvalue weighted by atomic mass is 10.2. The van der Waals surface area contributed by atoms with Crippen LogP contribution < -0.4 is 10.6 Å². The highest BCUT2D eigenvalue weighted by Crippen LogP contribution is 2.16. The van der Waals surface area contributed by atoms with Crippen LogP contribution in [0.1, 0.15) is 5.56 Å². The molecule has 0 atom stereocenters. The number of halogens is 3. The Morgan fingerprint density at radius 2 is 2.15 bits per heavy atom. The Balaban J connectivity index is 2.53. The van der Waals surface area contributed by atoms with Gasteiger partial charge in [0.2, 0.25) is 0 Å². The Kier molecular flexibility index (Phi) is 5.63. The van der Waals surface area contributed by atoms with Gasteiger partial charge in [0.1, 0.15) is 6.61 Å². The first kappa shape index (κ1) is 16.1. The fourth-order valence-electron chi connectivity index (χ4n) is 1.48. The van der Waals surface area contributed by atoms with Crippen molar-refractivity contribution >= 4 is 11.5 Å². The molecule has 0 amide bonds. The molecule has 0 aliphatic carbocycles. The molecule has 0 heterocycles. The number of benzene rings is 1. The molecule has 1 aromatic carbocycles. The van der Waals surface area contributed by atoms with Crippen LogP contribution in [0.15, 0.2) is 29.4 Å². The molecule has 0 unspecified atom stereocenters. The highest BCUT2D eigenvalue weighted by molar-refractivity contribution is 5.97. The minimum absolute atomic E-state index is 0.0337. The van der Waals surface area contributed by atoms with Crippen LogP contribution in [0.4, 0.5) is 18.9 Å². The van der Waals surface area contributed by atoms with Crippen LogP contribution in [-0.2, 0) is 4.74 Å². The van der Waals surface area contributed by atoms with E-state index in [1.54, 1.807) is 36.2 Å². The third-order valence-electron chi connectivity index (χ3n) is 2.53. The molecule has 0 saturated carbocycles. The van der Waals surface area contributed by atoms with E-state index in [4.69, 9.17) is 10.9 Å². The quantitative estimate of drug-likeness (QED) is 0.276. The zero-order valence-corrected chi connectivity index (χ0v) is 10.9. The van der Waals surface area contributed by atoms with Gasteiger partial charge in [0.15, 0.2) is 5.84 Å². The molecule has 0 fully saturated rings. The number of oxime groups is 1. The van der Waals surface area contributed by atoms with E-state index in [1.165, 1.54) is 0 Å². The summed E-state index contributed by atoms with van der Waals surface area (Å²) < 4.78 is 40.2. The molecule has 5 nitrogen and oxygen atoms in total. The van der Waals surface area contributed by atoms with E-state index in [0.717, 1.165) is 5.69 Å². The van der Waals surface area contributed by atoms with Crippen LogP contribution in [0.3, 0.4) is 0 Å². The predicted octanol–water partition coefficient (Wildman–Crippen LogP) is 1.80. The summed E-state index contributed by atoms with van der Waals surface area (Å²) >= 11 is 0. The van der Waals surface area contributed by atoms with Gasteiger partial charge in [-0.3, -0.25) is 0 Å². The number of anilines is 1. The largest absolute Gasteiger partial charge is 0.411 e. The highest BCUT2D eigenvalue weighted by Gasteiger charge is 2.27. The van der Waals surface area contributed by atoms with Gasteiger partial charge in [-0.2, -0.15) is 13.2 Å². The number of alkyl halides is 3. The van der Waals surface area contributed by atoms with Crippen molar-refractivity contribution in [1.82, 2.24) is 0 Å². The van der Waals surface area contributed by atoms with Gasteiger partial charge in [-0.05, 0) is 12.1 Å². The molecule has 0 radical (unpaired) electrons. The van der Waals surface area contributed by atoms with Crippen molar-refractivity contribution in [2.75, 3.05) is 31.7 Å². The summed E-state index contributed by atoms with van der Waals surface area (Å²) in [6.07, 6.45) is -4.31. The van der Waals surface area contributed by atoms with Gasteiger partial charge in [-0.1, -0.05) is 17.3 Å². The Morgan fingerprint density at radius 1 is 1.45 bits per heavy atom. The summed E-state index contributed by atoms with van der Waals surface area (Å²) in [5.74, 6) is -0.0337. The molecule has 8 heteroatoms. The monoisotopic (exact) mass is 291 g/mol. The lowest BCUT2D eigenvalue weighted by Crippen LogP contribution is -2.26. The van der Waals surface area contributed by atoms with Crippen molar-refractivity contribution in [3.8, 4) is 0 Å². The minimum atomic E-state index is -4.31. The maximum atomic E-state index is 11.9. The van der Waals surface area contributed by atoms with Crippen LogP contribution in [0.25, 0.3) is 0 Å². The van der Waals surface area contributed by atoms with Gasteiger partial charge < -0.3 is 20.6 Å². The van der Waals surface area contributed by atoms with Crippen LogP contribution >= 0.6 is 0 Å². The Hall–Kier alpha value is -1.96. The second-order valence-corrected chi connectivity index (χ2v) is 4.12. The Morgan fingerprint density at radius 3 is 2.75 bits per heavy atom. The lowest BCUT2D eigenvalue weighted by Gasteiger charge is -2.20. The number of ether oxygens (including phenoxy) is 1. The van der Waals surface area contributed by atoms with Crippen molar-refractivity contribution in [1.29, 1.82) is 0 Å². The van der Waals surface area contributed by atoms with Crippen LogP contribution in [-0.4, -0.2) is 44.0 Å². The summed E-state index contributed by atoms with van der Waals surface area (Å²) in [4.78, 5) is 1.71. The second kappa shape index (κ2) is 6.99. The third kappa shape index (κ3) is 5.35. The van der Waals surface area contributed by atoms with Crippen molar-refractivity contribution in [3.63, 3.8) is 0 Å². The van der Waals surface area contributed by atoms with Crippen molar-refractivity contribution in [2.24, 2.45) is 10.9 Å². The molecule has 3 N–H and O–H groups in total. The van der Waals surface area contributed by atoms with Crippen molar-refractivity contribution < 1.29 is 23.1 Å². The molecule has 112 valence electrons. The van der Waals surface area contributed by atoms with Gasteiger partial charge in [0.05, 0.1) is 6.61 Å². The topological polar surface area (TPSA) is 71.1 Å². The van der Waals surface area contributed by atoms with E-state index in [9.17, 15) is 13.2 Å². The zero-order valence-electron chi connectivity index (χ0n) is 10.9. The summed E-state index contributed by atoms with van der Waals surface area (Å²) in [6, 6.07) is 6.79. The second-order valence-electron chi connectivity index (χ2n) is 4.12. The van der Waals surface area contributed by atoms with Gasteiger partial charge in [0.25, 0.3) is 0 Å².